The molecule has 2 aliphatic heterocycles. The van der Waals surface area contributed by atoms with E-state index < -0.39 is 34.0 Å². The quantitative estimate of drug-likeness (QED) is 0.624. The number of esters is 2. The standard InChI is InChI=1S/C23H38N2O6/c1-20(2)10-14(11-21(3,4)24(20)28)30-18(26)16-9-17(16)19(27)31-15-12-22(5,6)25(29)23(7,8)13-15/h14-17H,9-13H2,1-8H3/t16-,17+. The van der Waals surface area contributed by atoms with Gasteiger partial charge in [-0.05, 0) is 61.8 Å². The lowest BCUT2D eigenvalue weighted by Gasteiger charge is -2.49. The molecule has 31 heavy (non-hydrogen) atoms. The highest BCUT2D eigenvalue weighted by atomic mass is 16.6. The van der Waals surface area contributed by atoms with E-state index in [1.165, 1.54) is 0 Å². The number of hydroxylamine groups is 4. The van der Waals surface area contributed by atoms with Crippen LogP contribution in [0.3, 0.4) is 0 Å². The highest BCUT2D eigenvalue weighted by molar-refractivity contribution is 5.87. The normalized spacial score (nSPS) is 33.0. The van der Waals surface area contributed by atoms with Gasteiger partial charge in [-0.15, -0.1) is 20.5 Å². The number of hydrogen-bond donors (Lipinski definition) is 0. The van der Waals surface area contributed by atoms with Crippen LogP contribution in [-0.2, 0) is 29.5 Å². The molecule has 2 atom stereocenters. The number of rotatable bonds is 4. The molecule has 0 aromatic carbocycles. The van der Waals surface area contributed by atoms with Crippen molar-refractivity contribution in [3.05, 3.63) is 0 Å². The first kappa shape index (κ1) is 24.4. The van der Waals surface area contributed by atoms with E-state index in [9.17, 15) is 20.0 Å². The first-order chi connectivity index (χ1) is 14.0. The van der Waals surface area contributed by atoms with Crippen LogP contribution < -0.4 is 0 Å². The maximum atomic E-state index is 12.7. The van der Waals surface area contributed by atoms with Gasteiger partial charge in [-0.3, -0.25) is 9.59 Å². The minimum Gasteiger partial charge on any atom is -0.462 e. The van der Waals surface area contributed by atoms with Gasteiger partial charge in [-0.1, -0.05) is 0 Å². The van der Waals surface area contributed by atoms with E-state index in [-0.39, 0.29) is 24.1 Å². The summed E-state index contributed by atoms with van der Waals surface area (Å²) in [6.07, 6.45) is 1.59. The fraction of sp³-hybridized carbons (Fsp3) is 0.913. The van der Waals surface area contributed by atoms with Gasteiger partial charge in [-0.25, -0.2) is 0 Å². The first-order valence-corrected chi connectivity index (χ1v) is 11.3. The topological polar surface area (TPSA) is 98.9 Å². The Balaban J connectivity index is 1.54. The van der Waals surface area contributed by atoms with E-state index in [4.69, 9.17) is 9.47 Å². The Morgan fingerprint density at radius 2 is 0.871 bits per heavy atom. The van der Waals surface area contributed by atoms with E-state index in [0.717, 1.165) is 10.1 Å². The third kappa shape index (κ3) is 4.92. The molecule has 2 heterocycles. The van der Waals surface area contributed by atoms with Crippen LogP contribution >= 0.6 is 0 Å². The SMILES string of the molecule is CC1(C)CC(OC(=O)[C@H]2C[C@H]2C(=O)OC2CC(C)(C)N([O])C(C)(C)C2)CC(C)(C)N1[O]. The van der Waals surface area contributed by atoms with Crippen molar-refractivity contribution in [2.24, 2.45) is 11.8 Å². The van der Waals surface area contributed by atoms with E-state index in [2.05, 4.69) is 0 Å². The largest absolute Gasteiger partial charge is 0.462 e. The summed E-state index contributed by atoms with van der Waals surface area (Å²) in [6.45, 7) is 14.9. The van der Waals surface area contributed by atoms with Crippen LogP contribution in [0.25, 0.3) is 0 Å². The maximum Gasteiger partial charge on any atom is 0.310 e. The van der Waals surface area contributed by atoms with Crippen molar-refractivity contribution in [2.45, 2.75) is 122 Å². The number of carbonyl (C=O) groups excluding carboxylic acids is 2. The molecule has 1 saturated carbocycles. The molecule has 3 aliphatic rings. The fourth-order valence-corrected chi connectivity index (χ4v) is 5.73. The second kappa shape index (κ2) is 7.68. The summed E-state index contributed by atoms with van der Waals surface area (Å²) in [4.78, 5) is 25.3. The molecule has 0 amide bonds. The second-order valence-corrected chi connectivity index (χ2v) is 12.2. The number of hydrogen-bond acceptors (Lipinski definition) is 6. The van der Waals surface area contributed by atoms with E-state index in [1.807, 2.05) is 55.4 Å². The van der Waals surface area contributed by atoms with Gasteiger partial charge >= 0.3 is 11.9 Å². The second-order valence-electron chi connectivity index (χ2n) is 12.2. The summed E-state index contributed by atoms with van der Waals surface area (Å²) < 4.78 is 11.5. The van der Waals surface area contributed by atoms with Crippen molar-refractivity contribution in [1.82, 2.24) is 10.1 Å². The Morgan fingerprint density at radius 3 is 1.13 bits per heavy atom. The molecule has 0 aromatic heterocycles. The summed E-state index contributed by atoms with van der Waals surface area (Å²) >= 11 is 0. The molecule has 3 fully saturated rings. The number of nitrogens with zero attached hydrogens (tertiary/aromatic N) is 2. The van der Waals surface area contributed by atoms with Crippen molar-refractivity contribution >= 4 is 11.9 Å². The van der Waals surface area contributed by atoms with Gasteiger partial charge < -0.3 is 9.47 Å². The molecule has 3 rings (SSSR count). The zero-order valence-corrected chi connectivity index (χ0v) is 20.2. The van der Waals surface area contributed by atoms with Crippen molar-refractivity contribution in [2.75, 3.05) is 0 Å². The molecule has 176 valence electrons. The Morgan fingerprint density at radius 1 is 0.613 bits per heavy atom. The maximum absolute atomic E-state index is 12.7. The van der Waals surface area contributed by atoms with Gasteiger partial charge in [0.2, 0.25) is 0 Å². The van der Waals surface area contributed by atoms with Crippen molar-refractivity contribution in [3.8, 4) is 0 Å². The summed E-state index contributed by atoms with van der Waals surface area (Å²) in [7, 11) is 0. The van der Waals surface area contributed by atoms with Gasteiger partial charge in [0.25, 0.3) is 0 Å². The Hall–Kier alpha value is -1.22. The predicted molar refractivity (Wildman–Crippen MR) is 111 cm³/mol. The lowest BCUT2D eigenvalue weighted by atomic mass is 9.80. The number of ether oxygens (including phenoxy) is 2. The molecule has 1 aliphatic carbocycles. The summed E-state index contributed by atoms with van der Waals surface area (Å²) in [5.74, 6) is -1.73. The molecule has 2 radical (unpaired) electrons. The number of piperidine rings is 2. The molecule has 8 nitrogen and oxygen atoms in total. The minimum absolute atomic E-state index is 0.344. The predicted octanol–water partition coefficient (Wildman–Crippen LogP) is 3.44. The molecule has 0 aromatic rings. The monoisotopic (exact) mass is 438 g/mol. The van der Waals surface area contributed by atoms with Gasteiger partial charge in [-0.2, -0.15) is 0 Å². The fourth-order valence-electron chi connectivity index (χ4n) is 5.73. The van der Waals surface area contributed by atoms with Gasteiger partial charge in [0.15, 0.2) is 0 Å². The first-order valence-electron chi connectivity index (χ1n) is 11.3. The lowest BCUT2D eigenvalue weighted by Crippen LogP contribution is -2.60. The third-order valence-corrected chi connectivity index (χ3v) is 7.07. The Bertz CT molecular complexity index is 636. The molecular formula is C23H38N2O6. The Labute approximate surface area is 185 Å². The van der Waals surface area contributed by atoms with E-state index >= 15 is 0 Å². The van der Waals surface area contributed by atoms with Gasteiger partial charge in [0.05, 0.1) is 11.8 Å². The zero-order valence-electron chi connectivity index (χ0n) is 20.2. The van der Waals surface area contributed by atoms with E-state index in [0.29, 0.717) is 32.1 Å². The van der Waals surface area contributed by atoms with Crippen LogP contribution in [0.5, 0.6) is 0 Å². The van der Waals surface area contributed by atoms with E-state index in [1.54, 1.807) is 0 Å². The average Bonchev–Trinajstić information content (AvgIpc) is 3.37. The summed E-state index contributed by atoms with van der Waals surface area (Å²) in [6, 6.07) is 0. The molecule has 0 spiro atoms. The molecule has 0 bridgehead atoms. The van der Waals surface area contributed by atoms with Crippen molar-refractivity contribution in [3.63, 3.8) is 0 Å². The Kier molecular flexibility index (Phi) is 6.05. The van der Waals surface area contributed by atoms with Gasteiger partial charge in [0.1, 0.15) is 12.2 Å². The summed E-state index contributed by atoms with van der Waals surface area (Å²) in [5.41, 5.74) is -2.48. The third-order valence-electron chi connectivity index (χ3n) is 7.07. The van der Waals surface area contributed by atoms with Crippen LogP contribution in [0.15, 0.2) is 0 Å². The summed E-state index contributed by atoms with van der Waals surface area (Å²) in [5, 5.41) is 27.2. The molecule has 0 N–H and O–H groups in total. The van der Waals surface area contributed by atoms with Crippen molar-refractivity contribution < 1.29 is 29.5 Å². The van der Waals surface area contributed by atoms with Crippen LogP contribution in [-0.4, -0.2) is 56.4 Å². The van der Waals surface area contributed by atoms with Crippen LogP contribution in [0.2, 0.25) is 0 Å². The molecule has 2 saturated heterocycles. The zero-order chi connectivity index (χ0) is 23.6. The highest BCUT2D eigenvalue weighted by Gasteiger charge is 2.54. The van der Waals surface area contributed by atoms with Crippen molar-refractivity contribution in [1.29, 1.82) is 0 Å². The molecule has 8 heteroatoms. The average molecular weight is 439 g/mol. The molecule has 0 unspecified atom stereocenters. The molecular weight excluding hydrogens is 400 g/mol. The van der Waals surface area contributed by atoms with Crippen LogP contribution in [0, 0.1) is 11.8 Å². The minimum atomic E-state index is -0.620. The van der Waals surface area contributed by atoms with Crippen LogP contribution in [0.1, 0.15) is 87.5 Å². The number of carbonyl (C=O) groups is 2. The van der Waals surface area contributed by atoms with Crippen LogP contribution in [0.4, 0.5) is 0 Å². The van der Waals surface area contributed by atoms with Gasteiger partial charge in [0, 0.05) is 47.8 Å². The highest BCUT2D eigenvalue weighted by Crippen LogP contribution is 2.45. The smallest absolute Gasteiger partial charge is 0.310 e. The lowest BCUT2D eigenvalue weighted by molar-refractivity contribution is -0.299.